The highest BCUT2D eigenvalue weighted by Crippen LogP contribution is 2.28. The average molecular weight is 532 g/mol. The van der Waals surface area contributed by atoms with Gasteiger partial charge in [0, 0.05) is 31.4 Å². The summed E-state index contributed by atoms with van der Waals surface area (Å²) in [6.07, 6.45) is -4.83. The molecule has 0 unspecified atom stereocenters. The van der Waals surface area contributed by atoms with E-state index in [1.54, 1.807) is 5.32 Å². The number of pyridine rings is 2. The maximum Gasteiger partial charge on any atom is 0.408 e. The van der Waals surface area contributed by atoms with E-state index in [4.69, 9.17) is 4.74 Å². The Bertz CT molecular complexity index is 1400. The first-order chi connectivity index (χ1) is 17.4. The molecule has 37 heavy (non-hydrogen) atoms. The van der Waals surface area contributed by atoms with Gasteiger partial charge in [-0.05, 0) is 12.5 Å². The Labute approximate surface area is 204 Å². The Morgan fingerprint density at radius 1 is 1.08 bits per heavy atom. The van der Waals surface area contributed by atoms with Crippen LogP contribution in [0.3, 0.4) is 0 Å². The van der Waals surface area contributed by atoms with Gasteiger partial charge in [-0.3, -0.25) is 14.2 Å². The fourth-order valence-electron chi connectivity index (χ4n) is 3.96. The molecule has 2 aromatic heterocycles. The van der Waals surface area contributed by atoms with Gasteiger partial charge in [0.2, 0.25) is 5.43 Å². The van der Waals surface area contributed by atoms with Gasteiger partial charge in [-0.2, -0.15) is 13.2 Å². The van der Waals surface area contributed by atoms with Crippen molar-refractivity contribution in [3.8, 4) is 5.69 Å². The average Bonchev–Trinajstić information content (AvgIpc) is 2.82. The highest BCUT2D eigenvalue weighted by atomic mass is 19.4. The van der Waals surface area contributed by atoms with Gasteiger partial charge in [0.1, 0.15) is 23.1 Å². The van der Waals surface area contributed by atoms with Crippen LogP contribution in [-0.4, -0.2) is 54.0 Å². The Morgan fingerprint density at radius 2 is 1.70 bits per heavy atom. The number of hydrogen-bond acceptors (Lipinski definition) is 5. The van der Waals surface area contributed by atoms with E-state index in [-0.39, 0.29) is 32.1 Å². The molecule has 0 bridgehead atoms. The van der Waals surface area contributed by atoms with Gasteiger partial charge in [0.25, 0.3) is 5.91 Å². The van der Waals surface area contributed by atoms with Crippen LogP contribution in [0.5, 0.6) is 0 Å². The molecule has 14 heteroatoms. The van der Waals surface area contributed by atoms with Gasteiger partial charge in [0.05, 0.1) is 18.6 Å². The molecule has 0 spiro atoms. The van der Waals surface area contributed by atoms with Crippen LogP contribution >= 0.6 is 0 Å². The van der Waals surface area contributed by atoms with Crippen LogP contribution in [0.2, 0.25) is 0 Å². The van der Waals surface area contributed by atoms with E-state index < -0.39 is 75.5 Å². The van der Waals surface area contributed by atoms with Crippen LogP contribution in [0.25, 0.3) is 16.7 Å². The fraction of sp³-hybridized carbons (Fsp3) is 0.348. The van der Waals surface area contributed by atoms with Gasteiger partial charge >= 0.3 is 6.18 Å². The predicted molar refractivity (Wildman–Crippen MR) is 118 cm³/mol. The SMILES string of the molecule is CC[C@H](NC(=O)c1cn(-c2c(F)cc(F)cc2F)c2nc(N3CCOCC3)c(F)cc2c1=O)C(F)(F)F. The number of fused-ring (bicyclic) bond motifs is 1. The Morgan fingerprint density at radius 3 is 2.27 bits per heavy atom. The van der Waals surface area contributed by atoms with Gasteiger partial charge in [-0.25, -0.2) is 22.5 Å². The maximum absolute atomic E-state index is 15.0. The van der Waals surface area contributed by atoms with Crippen LogP contribution in [0.1, 0.15) is 23.7 Å². The molecular formula is C23H19F7N4O3. The standard InChI is InChI=1S/C23H19F7N4O3/c1-2-17(23(28,29)30)31-22(36)13-10-34(18-14(25)7-11(24)8-15(18)26)20-12(19(13)35)9-16(27)21(32-20)33-3-5-37-6-4-33/h7-10,17H,2-6H2,1H3,(H,31,36)/t17-/m0/s1. The zero-order valence-electron chi connectivity index (χ0n) is 19.1. The lowest BCUT2D eigenvalue weighted by atomic mass is 10.1. The van der Waals surface area contributed by atoms with Crippen molar-refractivity contribution in [3.63, 3.8) is 0 Å². The van der Waals surface area contributed by atoms with Gasteiger partial charge in [0.15, 0.2) is 28.9 Å². The summed E-state index contributed by atoms with van der Waals surface area (Å²) < 4.78 is 104. The highest BCUT2D eigenvalue weighted by molar-refractivity contribution is 5.97. The number of carbonyl (C=O) groups is 1. The Kier molecular flexibility index (Phi) is 7.13. The molecular weight excluding hydrogens is 513 g/mol. The third kappa shape index (κ3) is 5.10. The van der Waals surface area contributed by atoms with Crippen LogP contribution in [0.4, 0.5) is 36.6 Å². The number of ether oxygens (including phenoxy) is 1. The second-order valence-electron chi connectivity index (χ2n) is 8.20. The fourth-order valence-corrected chi connectivity index (χ4v) is 3.96. The first-order valence-electron chi connectivity index (χ1n) is 11.0. The van der Waals surface area contributed by atoms with Gasteiger partial charge < -0.3 is 15.0 Å². The molecule has 0 aliphatic carbocycles. The van der Waals surface area contributed by atoms with Crippen molar-refractivity contribution in [2.24, 2.45) is 0 Å². The molecule has 198 valence electrons. The second kappa shape index (κ2) is 10.00. The maximum atomic E-state index is 15.0. The van der Waals surface area contributed by atoms with Crippen molar-refractivity contribution in [2.45, 2.75) is 25.6 Å². The van der Waals surface area contributed by atoms with Gasteiger partial charge in [-0.15, -0.1) is 0 Å². The number of benzene rings is 1. The molecule has 7 nitrogen and oxygen atoms in total. The van der Waals surface area contributed by atoms with Crippen LogP contribution < -0.4 is 15.6 Å². The summed E-state index contributed by atoms with van der Waals surface area (Å²) in [6.45, 7) is 2.01. The van der Waals surface area contributed by atoms with E-state index in [0.29, 0.717) is 29.0 Å². The molecule has 4 rings (SSSR count). The van der Waals surface area contributed by atoms with Crippen molar-refractivity contribution in [1.82, 2.24) is 14.9 Å². The smallest absolute Gasteiger partial charge is 0.378 e. The number of anilines is 1. The van der Waals surface area contributed by atoms with Crippen molar-refractivity contribution in [1.29, 1.82) is 0 Å². The third-order valence-corrected chi connectivity index (χ3v) is 5.80. The number of amides is 1. The topological polar surface area (TPSA) is 76.5 Å². The van der Waals surface area contributed by atoms with Crippen molar-refractivity contribution < 1.29 is 40.3 Å². The molecule has 1 aromatic carbocycles. The van der Waals surface area contributed by atoms with Crippen LogP contribution in [0, 0.1) is 23.3 Å². The largest absolute Gasteiger partial charge is 0.408 e. The van der Waals surface area contributed by atoms with Crippen LogP contribution in [-0.2, 0) is 4.74 Å². The molecule has 3 heterocycles. The minimum absolute atomic E-state index is 0.204. The summed E-state index contributed by atoms with van der Waals surface area (Å²) in [7, 11) is 0. The first-order valence-corrected chi connectivity index (χ1v) is 11.0. The van der Waals surface area contributed by atoms with E-state index >= 15 is 4.39 Å². The summed E-state index contributed by atoms with van der Waals surface area (Å²) in [5.74, 6) is -7.01. The predicted octanol–water partition coefficient (Wildman–Crippen LogP) is 3.85. The number of halogens is 7. The quantitative estimate of drug-likeness (QED) is 0.506. The third-order valence-electron chi connectivity index (χ3n) is 5.80. The lowest BCUT2D eigenvalue weighted by Crippen LogP contribution is -2.46. The molecule has 1 aliphatic rings. The van der Waals surface area contributed by atoms with E-state index in [9.17, 15) is 35.9 Å². The number of morpholine rings is 1. The summed E-state index contributed by atoms with van der Waals surface area (Å²) in [4.78, 5) is 31.4. The minimum Gasteiger partial charge on any atom is -0.378 e. The van der Waals surface area contributed by atoms with Gasteiger partial charge in [-0.1, -0.05) is 6.92 Å². The molecule has 1 atom stereocenters. The van der Waals surface area contributed by atoms with E-state index in [1.165, 1.54) is 4.90 Å². The monoisotopic (exact) mass is 532 g/mol. The zero-order chi connectivity index (χ0) is 27.1. The second-order valence-corrected chi connectivity index (χ2v) is 8.20. The number of rotatable bonds is 5. The highest BCUT2D eigenvalue weighted by Gasteiger charge is 2.40. The number of carbonyl (C=O) groups excluding carboxylic acids is 1. The first kappa shape index (κ1) is 26.4. The van der Waals surface area contributed by atoms with Crippen molar-refractivity contribution in [3.05, 3.63) is 63.5 Å². The lowest BCUT2D eigenvalue weighted by Gasteiger charge is -2.28. The zero-order valence-corrected chi connectivity index (χ0v) is 19.1. The number of nitrogens with zero attached hydrogens (tertiary/aromatic N) is 3. The Hall–Kier alpha value is -3.68. The van der Waals surface area contributed by atoms with E-state index in [2.05, 4.69) is 4.98 Å². The molecule has 1 N–H and O–H groups in total. The summed E-state index contributed by atoms with van der Waals surface area (Å²) in [6, 6.07) is -0.999. The minimum atomic E-state index is -4.85. The molecule has 0 saturated carbocycles. The number of nitrogens with one attached hydrogen (secondary N) is 1. The molecule has 3 aromatic rings. The lowest BCUT2D eigenvalue weighted by molar-refractivity contribution is -0.153. The molecule has 0 radical (unpaired) electrons. The molecule has 1 amide bonds. The number of hydrogen-bond donors (Lipinski definition) is 1. The Balaban J connectivity index is 1.98. The number of aromatic nitrogens is 2. The molecule has 1 fully saturated rings. The van der Waals surface area contributed by atoms with E-state index in [0.717, 1.165) is 6.92 Å². The normalized spacial score (nSPS) is 15.2. The van der Waals surface area contributed by atoms with Crippen molar-refractivity contribution in [2.75, 3.05) is 31.2 Å². The summed E-state index contributed by atoms with van der Waals surface area (Å²) in [5.41, 5.74) is -3.66. The number of alkyl halides is 3. The summed E-state index contributed by atoms with van der Waals surface area (Å²) >= 11 is 0. The van der Waals surface area contributed by atoms with Crippen LogP contribution in [0.15, 0.2) is 29.2 Å². The molecule has 1 aliphatic heterocycles. The summed E-state index contributed by atoms with van der Waals surface area (Å²) in [5, 5.41) is 1.03. The molecule has 1 saturated heterocycles. The van der Waals surface area contributed by atoms with Crippen molar-refractivity contribution >= 4 is 22.8 Å². The van der Waals surface area contributed by atoms with E-state index in [1.807, 2.05) is 0 Å².